The second-order valence-electron chi connectivity index (χ2n) is 6.58. The van der Waals surface area contributed by atoms with E-state index < -0.39 is 17.8 Å². The SMILES string of the molecule is O=C(O)[C@H]1[C@H](C(=O)Nc2ccccc2Oc2ccccc2)[C@H]2CC[C@H]1O2. The highest BCUT2D eigenvalue weighted by molar-refractivity contribution is 5.97. The van der Waals surface area contributed by atoms with Crippen molar-refractivity contribution < 1.29 is 24.2 Å². The van der Waals surface area contributed by atoms with E-state index in [1.165, 1.54) is 0 Å². The summed E-state index contributed by atoms with van der Waals surface area (Å²) in [5.41, 5.74) is 0.508. The van der Waals surface area contributed by atoms with Crippen molar-refractivity contribution in [2.45, 2.75) is 25.0 Å². The molecule has 2 aromatic carbocycles. The van der Waals surface area contributed by atoms with Crippen LogP contribution in [-0.4, -0.2) is 29.2 Å². The number of fused-ring (bicyclic) bond motifs is 2. The van der Waals surface area contributed by atoms with Gasteiger partial charge in [-0.05, 0) is 37.1 Å². The van der Waals surface area contributed by atoms with E-state index in [0.717, 1.165) is 0 Å². The van der Waals surface area contributed by atoms with E-state index in [2.05, 4.69) is 5.32 Å². The summed E-state index contributed by atoms with van der Waals surface area (Å²) in [4.78, 5) is 24.4. The van der Waals surface area contributed by atoms with E-state index >= 15 is 0 Å². The first-order valence-corrected chi connectivity index (χ1v) is 8.64. The highest BCUT2D eigenvalue weighted by Gasteiger charge is 2.55. The summed E-state index contributed by atoms with van der Waals surface area (Å²) in [5.74, 6) is -1.64. The van der Waals surface area contributed by atoms with Crippen molar-refractivity contribution in [3.05, 3.63) is 54.6 Å². The number of ether oxygens (including phenoxy) is 2. The van der Waals surface area contributed by atoms with Gasteiger partial charge in [-0.15, -0.1) is 0 Å². The summed E-state index contributed by atoms with van der Waals surface area (Å²) in [6.07, 6.45) is 0.709. The maximum atomic E-state index is 12.8. The number of hydrogen-bond acceptors (Lipinski definition) is 4. The zero-order chi connectivity index (χ0) is 18.1. The molecule has 2 N–H and O–H groups in total. The van der Waals surface area contributed by atoms with Gasteiger partial charge < -0.3 is 19.9 Å². The van der Waals surface area contributed by atoms with Crippen molar-refractivity contribution in [2.24, 2.45) is 11.8 Å². The molecule has 0 aromatic heterocycles. The number of amides is 1. The average molecular weight is 353 g/mol. The standard InChI is InChI=1S/C20H19NO5/c22-19(17-15-10-11-16(26-15)18(17)20(23)24)21-13-8-4-5-9-14(13)25-12-6-2-1-3-7-12/h1-9,15-18H,10-11H2,(H,21,22)(H,23,24)/t15-,16-,17-,18-/m1/s1. The van der Waals surface area contributed by atoms with Gasteiger partial charge in [0.25, 0.3) is 0 Å². The molecule has 0 unspecified atom stereocenters. The molecule has 4 rings (SSSR count). The molecule has 0 aliphatic carbocycles. The lowest BCUT2D eigenvalue weighted by Crippen LogP contribution is -2.40. The Balaban J connectivity index is 1.54. The summed E-state index contributed by atoms with van der Waals surface area (Å²) in [5, 5.41) is 12.3. The van der Waals surface area contributed by atoms with Crippen molar-refractivity contribution in [3.8, 4) is 11.5 Å². The van der Waals surface area contributed by atoms with Crippen molar-refractivity contribution in [1.82, 2.24) is 0 Å². The molecule has 6 heteroatoms. The molecule has 0 spiro atoms. The van der Waals surface area contributed by atoms with Gasteiger partial charge in [0.05, 0.1) is 29.7 Å². The van der Waals surface area contributed by atoms with Crippen LogP contribution in [0.5, 0.6) is 11.5 Å². The molecule has 0 saturated carbocycles. The lowest BCUT2D eigenvalue weighted by Gasteiger charge is -2.24. The number of rotatable bonds is 5. The third-order valence-corrected chi connectivity index (χ3v) is 4.98. The number of nitrogens with one attached hydrogen (secondary N) is 1. The van der Waals surface area contributed by atoms with Gasteiger partial charge in [-0.3, -0.25) is 9.59 Å². The molecule has 2 aliphatic heterocycles. The summed E-state index contributed by atoms with van der Waals surface area (Å²) >= 11 is 0. The summed E-state index contributed by atoms with van der Waals surface area (Å²) in [7, 11) is 0. The molecule has 2 bridgehead atoms. The van der Waals surface area contributed by atoms with Gasteiger partial charge in [-0.25, -0.2) is 0 Å². The number of carbonyl (C=O) groups is 2. The molecule has 2 aromatic rings. The number of aliphatic carboxylic acids is 1. The Kier molecular flexibility index (Phi) is 4.34. The highest BCUT2D eigenvalue weighted by Crippen LogP contribution is 2.44. The molecule has 0 radical (unpaired) electrons. The largest absolute Gasteiger partial charge is 0.481 e. The fraction of sp³-hybridized carbons (Fsp3) is 0.300. The van der Waals surface area contributed by atoms with E-state index in [0.29, 0.717) is 30.0 Å². The number of para-hydroxylation sites is 3. The third-order valence-electron chi connectivity index (χ3n) is 4.98. The first kappa shape index (κ1) is 16.6. The minimum absolute atomic E-state index is 0.330. The Morgan fingerprint density at radius 1 is 0.962 bits per heavy atom. The molecule has 6 nitrogen and oxygen atoms in total. The zero-order valence-electron chi connectivity index (χ0n) is 14.0. The van der Waals surface area contributed by atoms with Gasteiger partial charge in [0, 0.05) is 0 Å². The smallest absolute Gasteiger partial charge is 0.310 e. The van der Waals surface area contributed by atoms with Crippen LogP contribution in [-0.2, 0) is 14.3 Å². The van der Waals surface area contributed by atoms with Gasteiger partial charge in [-0.2, -0.15) is 0 Å². The Labute approximate surface area is 150 Å². The van der Waals surface area contributed by atoms with E-state index in [1.807, 2.05) is 36.4 Å². The molecule has 2 fully saturated rings. The van der Waals surface area contributed by atoms with Crippen LogP contribution in [0.15, 0.2) is 54.6 Å². The predicted molar refractivity (Wildman–Crippen MR) is 94.1 cm³/mol. The highest BCUT2D eigenvalue weighted by atomic mass is 16.5. The molecular formula is C20H19NO5. The summed E-state index contributed by atoms with van der Waals surface area (Å²) < 4.78 is 11.5. The zero-order valence-corrected chi connectivity index (χ0v) is 14.0. The lowest BCUT2D eigenvalue weighted by molar-refractivity contribution is -0.147. The second kappa shape index (κ2) is 6.80. The quantitative estimate of drug-likeness (QED) is 0.861. The Hall–Kier alpha value is -2.86. The lowest BCUT2D eigenvalue weighted by atomic mass is 9.78. The van der Waals surface area contributed by atoms with Crippen LogP contribution < -0.4 is 10.1 Å². The normalized spacial score (nSPS) is 26.5. The van der Waals surface area contributed by atoms with Gasteiger partial charge in [0.15, 0.2) is 5.75 Å². The van der Waals surface area contributed by atoms with Crippen molar-refractivity contribution >= 4 is 17.6 Å². The van der Waals surface area contributed by atoms with Crippen LogP contribution in [0.2, 0.25) is 0 Å². The molecule has 1 amide bonds. The average Bonchev–Trinajstić information content (AvgIpc) is 3.25. The maximum Gasteiger partial charge on any atom is 0.310 e. The Morgan fingerprint density at radius 3 is 2.35 bits per heavy atom. The molecule has 134 valence electrons. The molecule has 2 saturated heterocycles. The Morgan fingerprint density at radius 2 is 1.62 bits per heavy atom. The molecule has 26 heavy (non-hydrogen) atoms. The van der Waals surface area contributed by atoms with Crippen molar-refractivity contribution in [1.29, 1.82) is 0 Å². The van der Waals surface area contributed by atoms with Gasteiger partial charge in [0.1, 0.15) is 5.75 Å². The van der Waals surface area contributed by atoms with Crippen molar-refractivity contribution in [3.63, 3.8) is 0 Å². The number of carboxylic acid groups (broad SMARTS) is 1. The Bertz CT molecular complexity index is 822. The van der Waals surface area contributed by atoms with Crippen molar-refractivity contribution in [2.75, 3.05) is 5.32 Å². The van der Waals surface area contributed by atoms with E-state index in [1.54, 1.807) is 18.2 Å². The monoisotopic (exact) mass is 353 g/mol. The number of carbonyl (C=O) groups excluding carboxylic acids is 1. The predicted octanol–water partition coefficient (Wildman–Crippen LogP) is 3.30. The number of carboxylic acids is 1. The molecular weight excluding hydrogens is 334 g/mol. The van der Waals surface area contributed by atoms with Crippen LogP contribution in [0.4, 0.5) is 5.69 Å². The molecule has 4 atom stereocenters. The maximum absolute atomic E-state index is 12.8. The number of benzene rings is 2. The number of anilines is 1. The summed E-state index contributed by atoms with van der Waals surface area (Å²) in [6.45, 7) is 0. The first-order chi connectivity index (χ1) is 12.6. The third kappa shape index (κ3) is 3.04. The van der Waals surface area contributed by atoms with Crippen LogP contribution in [0.3, 0.4) is 0 Å². The van der Waals surface area contributed by atoms with Gasteiger partial charge >= 0.3 is 5.97 Å². The fourth-order valence-corrected chi connectivity index (χ4v) is 3.82. The second-order valence-corrected chi connectivity index (χ2v) is 6.58. The number of hydrogen-bond donors (Lipinski definition) is 2. The van der Waals surface area contributed by atoms with E-state index in [9.17, 15) is 14.7 Å². The van der Waals surface area contributed by atoms with Crippen LogP contribution >= 0.6 is 0 Å². The fourth-order valence-electron chi connectivity index (χ4n) is 3.82. The van der Waals surface area contributed by atoms with Gasteiger partial charge in [-0.1, -0.05) is 30.3 Å². The topological polar surface area (TPSA) is 84.9 Å². The van der Waals surface area contributed by atoms with Crippen LogP contribution in [0.25, 0.3) is 0 Å². The van der Waals surface area contributed by atoms with Crippen LogP contribution in [0.1, 0.15) is 12.8 Å². The van der Waals surface area contributed by atoms with E-state index in [4.69, 9.17) is 9.47 Å². The minimum Gasteiger partial charge on any atom is -0.481 e. The van der Waals surface area contributed by atoms with Crippen LogP contribution in [0, 0.1) is 11.8 Å². The van der Waals surface area contributed by atoms with E-state index in [-0.39, 0.29) is 18.1 Å². The van der Waals surface area contributed by atoms with Gasteiger partial charge in [0.2, 0.25) is 5.91 Å². The molecule has 2 heterocycles. The molecule has 2 aliphatic rings. The summed E-state index contributed by atoms with van der Waals surface area (Å²) in [6, 6.07) is 16.4. The minimum atomic E-state index is -0.980. The first-order valence-electron chi connectivity index (χ1n) is 8.64.